The number of amides is 2. The Kier molecular flexibility index (Phi) is 4.74. The van der Waals surface area contributed by atoms with Gasteiger partial charge in [-0.3, -0.25) is 9.59 Å². The van der Waals surface area contributed by atoms with E-state index in [0.717, 1.165) is 11.3 Å². The highest BCUT2D eigenvalue weighted by molar-refractivity contribution is 5.94. The normalized spacial score (nSPS) is 19.1. The second-order valence-electron chi connectivity index (χ2n) is 6.87. The molecule has 120 valence electrons. The fraction of sp³-hybridized carbons (Fsp3) is 0.529. The maximum atomic E-state index is 12.3. The predicted octanol–water partition coefficient (Wildman–Crippen LogP) is 1.96. The lowest BCUT2D eigenvalue weighted by molar-refractivity contribution is -0.147. The van der Waals surface area contributed by atoms with Gasteiger partial charge in [-0.15, -0.1) is 0 Å². The van der Waals surface area contributed by atoms with Crippen molar-refractivity contribution in [3.8, 4) is 5.75 Å². The van der Waals surface area contributed by atoms with Gasteiger partial charge in [0.25, 0.3) is 0 Å². The Morgan fingerprint density at radius 2 is 2.05 bits per heavy atom. The third kappa shape index (κ3) is 4.00. The molecule has 0 spiro atoms. The fourth-order valence-electron chi connectivity index (χ4n) is 2.65. The molecule has 1 aliphatic rings. The molecule has 1 atom stereocenters. The van der Waals surface area contributed by atoms with Crippen LogP contribution in [0.3, 0.4) is 0 Å². The predicted molar refractivity (Wildman–Crippen MR) is 84.4 cm³/mol. The maximum Gasteiger partial charge on any atom is 0.243 e. The zero-order valence-electron chi connectivity index (χ0n) is 13.7. The number of methoxy groups -OCH3 is 1. The number of rotatable bonds is 4. The summed E-state index contributed by atoms with van der Waals surface area (Å²) in [5, 5.41) is 2.69. The molecule has 0 aromatic heterocycles. The molecule has 0 saturated carbocycles. The average molecular weight is 304 g/mol. The summed E-state index contributed by atoms with van der Waals surface area (Å²) in [6.45, 7) is 6.71. The first-order valence-corrected chi connectivity index (χ1v) is 7.50. The van der Waals surface area contributed by atoms with Crippen molar-refractivity contribution in [3.63, 3.8) is 0 Å². The van der Waals surface area contributed by atoms with Gasteiger partial charge in [-0.1, -0.05) is 32.9 Å². The first-order chi connectivity index (χ1) is 10.3. The minimum atomic E-state index is -0.424. The van der Waals surface area contributed by atoms with Crippen LogP contribution < -0.4 is 10.1 Å². The Hall–Kier alpha value is -2.04. The van der Waals surface area contributed by atoms with Gasteiger partial charge in [0, 0.05) is 6.54 Å². The minimum absolute atomic E-state index is 0.0355. The number of piperazine rings is 1. The van der Waals surface area contributed by atoms with Crippen molar-refractivity contribution in [3.05, 3.63) is 29.8 Å². The van der Waals surface area contributed by atoms with Gasteiger partial charge >= 0.3 is 0 Å². The summed E-state index contributed by atoms with van der Waals surface area (Å²) >= 11 is 0. The molecule has 1 fully saturated rings. The van der Waals surface area contributed by atoms with Gasteiger partial charge in [0.2, 0.25) is 11.8 Å². The number of nitrogens with zero attached hydrogens (tertiary/aromatic N) is 1. The minimum Gasteiger partial charge on any atom is -0.497 e. The average Bonchev–Trinajstić information content (AvgIpc) is 2.45. The summed E-state index contributed by atoms with van der Waals surface area (Å²) in [4.78, 5) is 26.2. The topological polar surface area (TPSA) is 58.6 Å². The van der Waals surface area contributed by atoms with Gasteiger partial charge in [0.1, 0.15) is 11.8 Å². The molecule has 1 aliphatic heterocycles. The van der Waals surface area contributed by atoms with E-state index in [0.29, 0.717) is 13.0 Å². The Bertz CT molecular complexity index is 563. The van der Waals surface area contributed by atoms with Crippen molar-refractivity contribution in [1.82, 2.24) is 10.2 Å². The SMILES string of the molecule is COc1cccc(CN2C(=O)CNC(=O)C2CC(C)(C)C)c1. The monoisotopic (exact) mass is 304 g/mol. The lowest BCUT2D eigenvalue weighted by Gasteiger charge is -2.38. The summed E-state index contributed by atoms with van der Waals surface area (Å²) in [5.41, 5.74) is 0.924. The molecule has 5 heteroatoms. The Morgan fingerprint density at radius 3 is 2.68 bits per heavy atom. The second kappa shape index (κ2) is 6.38. The van der Waals surface area contributed by atoms with E-state index < -0.39 is 6.04 Å². The van der Waals surface area contributed by atoms with E-state index in [2.05, 4.69) is 26.1 Å². The van der Waals surface area contributed by atoms with Crippen LogP contribution in [-0.4, -0.2) is 36.4 Å². The van der Waals surface area contributed by atoms with Gasteiger partial charge in [-0.05, 0) is 29.5 Å². The summed E-state index contributed by atoms with van der Waals surface area (Å²) in [5.74, 6) is 0.632. The van der Waals surface area contributed by atoms with Crippen LogP contribution in [0.4, 0.5) is 0 Å². The highest BCUT2D eigenvalue weighted by Gasteiger charge is 2.36. The molecule has 22 heavy (non-hydrogen) atoms. The molecule has 0 bridgehead atoms. The molecule has 2 amide bonds. The largest absolute Gasteiger partial charge is 0.497 e. The molecule has 5 nitrogen and oxygen atoms in total. The molecule has 1 aromatic rings. The highest BCUT2D eigenvalue weighted by atomic mass is 16.5. The van der Waals surface area contributed by atoms with Crippen LogP contribution in [0.5, 0.6) is 5.75 Å². The molecule has 1 N–H and O–H groups in total. The molecule has 1 saturated heterocycles. The third-order valence-electron chi connectivity index (χ3n) is 3.71. The van der Waals surface area contributed by atoms with Gasteiger partial charge in [-0.2, -0.15) is 0 Å². The third-order valence-corrected chi connectivity index (χ3v) is 3.71. The van der Waals surface area contributed by atoms with Crippen molar-refractivity contribution < 1.29 is 14.3 Å². The van der Waals surface area contributed by atoms with Gasteiger partial charge in [-0.25, -0.2) is 0 Å². The van der Waals surface area contributed by atoms with E-state index in [1.54, 1.807) is 12.0 Å². The van der Waals surface area contributed by atoms with E-state index in [-0.39, 0.29) is 23.8 Å². The number of ether oxygens (including phenoxy) is 1. The van der Waals surface area contributed by atoms with Crippen LogP contribution in [0, 0.1) is 5.41 Å². The van der Waals surface area contributed by atoms with Crippen molar-refractivity contribution in [2.75, 3.05) is 13.7 Å². The van der Waals surface area contributed by atoms with E-state index in [9.17, 15) is 9.59 Å². The van der Waals surface area contributed by atoms with Crippen LogP contribution in [0.1, 0.15) is 32.8 Å². The van der Waals surface area contributed by atoms with Gasteiger partial charge in [0.05, 0.1) is 13.7 Å². The van der Waals surface area contributed by atoms with Crippen molar-refractivity contribution in [2.45, 2.75) is 39.8 Å². The van der Waals surface area contributed by atoms with Crippen molar-refractivity contribution >= 4 is 11.8 Å². The number of nitrogens with one attached hydrogen (secondary N) is 1. The Morgan fingerprint density at radius 1 is 1.32 bits per heavy atom. The lowest BCUT2D eigenvalue weighted by atomic mass is 9.86. The highest BCUT2D eigenvalue weighted by Crippen LogP contribution is 2.26. The number of hydrogen-bond acceptors (Lipinski definition) is 3. The zero-order chi connectivity index (χ0) is 16.3. The number of carbonyl (C=O) groups excluding carboxylic acids is 2. The first-order valence-electron chi connectivity index (χ1n) is 7.50. The molecule has 1 unspecified atom stereocenters. The van der Waals surface area contributed by atoms with Gasteiger partial charge in [0.15, 0.2) is 0 Å². The molecule has 0 aliphatic carbocycles. The molecule has 2 rings (SSSR count). The summed E-state index contributed by atoms with van der Waals surface area (Å²) in [7, 11) is 1.61. The summed E-state index contributed by atoms with van der Waals surface area (Å²) in [6.07, 6.45) is 0.633. The lowest BCUT2D eigenvalue weighted by Crippen LogP contribution is -2.58. The molecule has 1 aromatic carbocycles. The van der Waals surface area contributed by atoms with E-state index in [1.165, 1.54) is 0 Å². The zero-order valence-corrected chi connectivity index (χ0v) is 13.7. The van der Waals surface area contributed by atoms with Crippen LogP contribution >= 0.6 is 0 Å². The second-order valence-corrected chi connectivity index (χ2v) is 6.87. The Balaban J connectivity index is 2.22. The van der Waals surface area contributed by atoms with Crippen molar-refractivity contribution in [1.29, 1.82) is 0 Å². The maximum absolute atomic E-state index is 12.3. The number of hydrogen-bond donors (Lipinski definition) is 1. The van der Waals surface area contributed by atoms with E-state index in [1.807, 2.05) is 24.3 Å². The molecule has 1 heterocycles. The fourth-order valence-corrected chi connectivity index (χ4v) is 2.65. The molecule has 0 radical (unpaired) electrons. The number of carbonyl (C=O) groups is 2. The standard InChI is InChI=1S/C17H24N2O3/c1-17(2,3)9-14-16(21)18-10-15(20)19(14)11-12-6-5-7-13(8-12)22-4/h5-8,14H,9-11H2,1-4H3,(H,18,21). The first kappa shape index (κ1) is 16.3. The van der Waals surface area contributed by atoms with Crippen LogP contribution in [0.25, 0.3) is 0 Å². The van der Waals surface area contributed by atoms with E-state index >= 15 is 0 Å². The van der Waals surface area contributed by atoms with E-state index in [4.69, 9.17) is 4.74 Å². The number of benzene rings is 1. The van der Waals surface area contributed by atoms with Crippen molar-refractivity contribution in [2.24, 2.45) is 5.41 Å². The van der Waals surface area contributed by atoms with Gasteiger partial charge < -0.3 is 15.0 Å². The van der Waals surface area contributed by atoms with Crippen LogP contribution in [0.2, 0.25) is 0 Å². The smallest absolute Gasteiger partial charge is 0.243 e. The summed E-state index contributed by atoms with van der Waals surface area (Å²) < 4.78 is 5.22. The molecular weight excluding hydrogens is 280 g/mol. The quantitative estimate of drug-likeness (QED) is 0.925. The molecular formula is C17H24N2O3. The Labute approximate surface area is 131 Å². The van der Waals surface area contributed by atoms with Crippen LogP contribution in [0.15, 0.2) is 24.3 Å². The van der Waals surface area contributed by atoms with Crippen LogP contribution in [-0.2, 0) is 16.1 Å². The summed E-state index contributed by atoms with van der Waals surface area (Å²) in [6, 6.07) is 7.17.